The molecule has 270 valence electrons. The number of aromatic nitrogens is 6. The molecule has 3 N–H and O–H groups in total. The van der Waals surface area contributed by atoms with Crippen LogP contribution in [0.15, 0.2) is 48.5 Å². The number of fused-ring (bicyclic) bond motifs is 4. The normalized spacial score (nSPS) is 15.6. The van der Waals surface area contributed by atoms with Crippen LogP contribution >= 0.6 is 22.6 Å². The number of pyridine rings is 2. The van der Waals surface area contributed by atoms with E-state index in [2.05, 4.69) is 70.6 Å². The number of hydrogen-bond donors (Lipinski definition) is 3. The fraction of sp³-hybridized carbons (Fsp3) is 0.316. The first-order valence-electron chi connectivity index (χ1n) is 16.6. The zero-order chi connectivity index (χ0) is 32.8. The molecule has 0 bridgehead atoms. The molecule has 2 aromatic carbocycles. The summed E-state index contributed by atoms with van der Waals surface area (Å²) in [5, 5.41) is 19.3. The molecule has 0 saturated carbocycles. The van der Waals surface area contributed by atoms with Gasteiger partial charge >= 0.3 is 23.1 Å². The number of rotatable bonds is 5. The van der Waals surface area contributed by atoms with E-state index in [1.807, 2.05) is 35.9 Å². The molecule has 5 heterocycles. The van der Waals surface area contributed by atoms with Crippen molar-refractivity contribution in [3.05, 3.63) is 107 Å². The van der Waals surface area contributed by atoms with Gasteiger partial charge in [-0.2, -0.15) is 10.2 Å². The Morgan fingerprint density at radius 2 is 1.42 bits per heavy atom. The summed E-state index contributed by atoms with van der Waals surface area (Å²) in [4.78, 5) is 8.91. The number of aryl methyl sites for hydroxylation is 3. The van der Waals surface area contributed by atoms with Crippen LogP contribution in [0.4, 0.5) is 31.8 Å². The maximum atomic E-state index is 14.8. The standard InChI is InChI=1S/C20H20FIN4O.C16H15FN4.2CH3.BrH.Mg/c21-15-11-14-18(22)25-26(17-9-1-2-10-27-17)20(14)24-19(15)23-16-8-4-6-12-5-3-7-13(12)16;1-9-12-8-13(17)16(19-15(12)21-20-9)18-14-7-3-5-10-4-2-6-11(10)14;;;;/h4,6,8,11,17H,1-3,5,7,9-10H2,(H,23,24);3,5,7-8H,2,4,6H2,1H3,(H2,18,19,20,21);2*1H3;1H;/q;;2*-1;;+2/p-1. The monoisotopic (exact) mass is 893 g/mol. The summed E-state index contributed by atoms with van der Waals surface area (Å²) in [6.45, 7) is 2.58. The van der Waals surface area contributed by atoms with Gasteiger partial charge in [0.1, 0.15) is 3.70 Å². The molecule has 1 atom stereocenters. The van der Waals surface area contributed by atoms with Crippen LogP contribution in [0.1, 0.15) is 66.3 Å². The van der Waals surface area contributed by atoms with Crippen LogP contribution < -0.4 is 27.6 Å². The van der Waals surface area contributed by atoms with Gasteiger partial charge in [-0.25, -0.2) is 23.4 Å². The van der Waals surface area contributed by atoms with Crippen LogP contribution in [-0.2, 0) is 30.4 Å². The Labute approximate surface area is 343 Å². The number of halogens is 4. The van der Waals surface area contributed by atoms with Gasteiger partial charge in [0.2, 0.25) is 0 Å². The van der Waals surface area contributed by atoms with Crippen molar-refractivity contribution in [3.8, 4) is 0 Å². The number of nitrogens with one attached hydrogen (secondary N) is 3. The predicted molar refractivity (Wildman–Crippen MR) is 210 cm³/mol. The Kier molecular flexibility index (Phi) is 14.4. The number of H-pyrrole nitrogens is 1. The third-order valence-corrected chi connectivity index (χ3v) is 10.3. The molecule has 0 amide bonds. The van der Waals surface area contributed by atoms with E-state index in [0.29, 0.717) is 11.3 Å². The average Bonchev–Trinajstić information content (AvgIpc) is 3.91. The number of benzene rings is 2. The van der Waals surface area contributed by atoms with Crippen molar-refractivity contribution in [2.24, 2.45) is 0 Å². The molecule has 9 rings (SSSR count). The SMILES string of the molecule is Cc1[nH]nc2nc(Nc3cccc4c3CCC4)c(F)cc12.Fc1cc2c(I)nn(C3CCCCO3)c2nc1Nc1cccc2c1CCC2.[Br-].[CH3-].[CH3-].[Mg+2]. The van der Waals surface area contributed by atoms with E-state index in [0.717, 1.165) is 95.9 Å². The van der Waals surface area contributed by atoms with Gasteiger partial charge in [-0.3, -0.25) is 5.10 Å². The summed E-state index contributed by atoms with van der Waals surface area (Å²) in [6.07, 6.45) is 9.48. The molecule has 1 fully saturated rings. The molecule has 52 heavy (non-hydrogen) atoms. The van der Waals surface area contributed by atoms with E-state index in [4.69, 9.17) is 4.74 Å². The van der Waals surface area contributed by atoms with Crippen molar-refractivity contribution in [1.29, 1.82) is 0 Å². The zero-order valence-electron chi connectivity index (χ0n) is 29.6. The van der Waals surface area contributed by atoms with Gasteiger partial charge in [-0.15, -0.1) is 0 Å². The summed E-state index contributed by atoms with van der Waals surface area (Å²) in [6, 6.07) is 15.3. The molecule has 1 saturated heterocycles. The number of nitrogens with zero attached hydrogens (tertiary/aromatic N) is 5. The molecule has 2 aliphatic carbocycles. The van der Waals surface area contributed by atoms with Gasteiger partial charge < -0.3 is 47.2 Å². The third-order valence-electron chi connectivity index (χ3n) is 9.51. The first-order chi connectivity index (χ1) is 23.4. The molecule has 9 nitrogen and oxygen atoms in total. The van der Waals surface area contributed by atoms with Crippen molar-refractivity contribution in [2.75, 3.05) is 17.2 Å². The quantitative estimate of drug-likeness (QED) is 0.107. The van der Waals surface area contributed by atoms with Gasteiger partial charge in [-0.1, -0.05) is 24.3 Å². The fourth-order valence-corrected chi connectivity index (χ4v) is 7.69. The predicted octanol–water partition coefficient (Wildman–Crippen LogP) is 6.27. The summed E-state index contributed by atoms with van der Waals surface area (Å²) < 4.78 is 37.5. The van der Waals surface area contributed by atoms with Gasteiger partial charge in [0.25, 0.3) is 0 Å². The number of ether oxygens (including phenoxy) is 1. The van der Waals surface area contributed by atoms with Crippen molar-refractivity contribution < 1.29 is 30.5 Å². The minimum atomic E-state index is -0.361. The van der Waals surface area contributed by atoms with E-state index in [1.54, 1.807) is 0 Å². The molecule has 6 aromatic rings. The first-order valence-corrected chi connectivity index (χ1v) is 17.6. The van der Waals surface area contributed by atoms with E-state index in [-0.39, 0.29) is 84.4 Å². The number of aromatic amines is 1. The summed E-state index contributed by atoms with van der Waals surface area (Å²) in [5.74, 6) is -0.242. The van der Waals surface area contributed by atoms with Crippen LogP contribution in [0.3, 0.4) is 0 Å². The Hall–Kier alpha value is -2.92. The fourth-order valence-electron chi connectivity index (χ4n) is 7.06. The minimum absolute atomic E-state index is 0. The molecule has 0 radical (unpaired) electrons. The molecule has 14 heteroatoms. The van der Waals surface area contributed by atoms with Crippen molar-refractivity contribution in [2.45, 2.75) is 70.9 Å². The second kappa shape index (κ2) is 17.9. The second-order valence-corrected chi connectivity index (χ2v) is 13.7. The molecule has 4 aromatic heterocycles. The zero-order valence-corrected chi connectivity index (χ0v) is 34.8. The molecule has 1 aliphatic heterocycles. The van der Waals surface area contributed by atoms with Crippen LogP contribution in [0.2, 0.25) is 0 Å². The van der Waals surface area contributed by atoms with E-state index in [9.17, 15) is 8.78 Å². The van der Waals surface area contributed by atoms with Crippen molar-refractivity contribution in [3.63, 3.8) is 0 Å². The van der Waals surface area contributed by atoms with Crippen LogP contribution in [-0.4, -0.2) is 59.6 Å². The van der Waals surface area contributed by atoms with Crippen molar-refractivity contribution >= 4 is 90.7 Å². The van der Waals surface area contributed by atoms with E-state index >= 15 is 0 Å². The Morgan fingerprint density at radius 1 is 0.827 bits per heavy atom. The van der Waals surface area contributed by atoms with Crippen molar-refractivity contribution in [1.82, 2.24) is 29.9 Å². The van der Waals surface area contributed by atoms with Crippen LogP contribution in [0, 0.1) is 37.1 Å². The molecular formula is C38H41BrF2IMgN8O-. The van der Waals surface area contributed by atoms with Gasteiger partial charge in [0, 0.05) is 29.1 Å². The summed E-state index contributed by atoms with van der Waals surface area (Å²) in [7, 11) is 0. The third kappa shape index (κ3) is 8.25. The maximum Gasteiger partial charge on any atom is 2.00 e. The van der Waals surface area contributed by atoms with Gasteiger partial charge in [-0.05, 0) is 134 Å². The van der Waals surface area contributed by atoms with Crippen LogP contribution in [0.25, 0.3) is 22.1 Å². The van der Waals surface area contributed by atoms with Crippen LogP contribution in [0.5, 0.6) is 0 Å². The topological polar surface area (TPSA) is 106 Å². The largest absolute Gasteiger partial charge is 2.00 e. The van der Waals surface area contributed by atoms with Gasteiger partial charge in [0.05, 0.1) is 5.39 Å². The maximum absolute atomic E-state index is 14.8. The Bertz CT molecular complexity index is 2170. The van der Waals surface area contributed by atoms with E-state index < -0.39 is 0 Å². The minimum Gasteiger partial charge on any atom is -1.00 e. The number of hydrogen-bond acceptors (Lipinski definition) is 7. The molecule has 3 aliphatic rings. The van der Waals surface area contributed by atoms with Gasteiger partial charge in [0.15, 0.2) is 40.8 Å². The number of anilines is 4. The second-order valence-electron chi connectivity index (χ2n) is 12.6. The Balaban J connectivity index is 0.000000222. The van der Waals surface area contributed by atoms with E-state index in [1.165, 1.54) is 34.4 Å². The smallest absolute Gasteiger partial charge is 1.00 e. The Morgan fingerprint density at radius 3 is 2.02 bits per heavy atom. The average molecular weight is 895 g/mol. The summed E-state index contributed by atoms with van der Waals surface area (Å²) >= 11 is 2.14. The molecule has 1 unspecified atom stereocenters. The molecular weight excluding hydrogens is 854 g/mol. The first kappa shape index (κ1) is 41.8. The molecule has 0 spiro atoms. The summed E-state index contributed by atoms with van der Waals surface area (Å²) in [5.41, 5.74) is 9.16.